The Bertz CT molecular complexity index is 1500. The summed E-state index contributed by atoms with van der Waals surface area (Å²) >= 11 is 0. The number of halogens is 1. The first-order valence-electron chi connectivity index (χ1n) is 12.9. The summed E-state index contributed by atoms with van der Waals surface area (Å²) in [6.45, 7) is 2.38. The van der Waals surface area contributed by atoms with E-state index in [1.54, 1.807) is 22.8 Å². The third kappa shape index (κ3) is 5.76. The van der Waals surface area contributed by atoms with Crippen LogP contribution < -0.4 is 10.6 Å². The molecule has 1 aliphatic rings. The Kier molecular flexibility index (Phi) is 7.30. The number of alkyl halides is 1. The van der Waals surface area contributed by atoms with E-state index in [1.807, 2.05) is 12.1 Å². The molecule has 1 aliphatic carbocycles. The highest BCUT2D eigenvalue weighted by Gasteiger charge is 2.28. The lowest BCUT2D eigenvalue weighted by atomic mass is 9.84. The Hall–Kier alpha value is -4.30. The maximum Gasteiger partial charge on any atom is 0.255 e. The van der Waals surface area contributed by atoms with Gasteiger partial charge in [-0.3, -0.25) is 9.78 Å². The van der Waals surface area contributed by atoms with Crippen molar-refractivity contribution < 1.29 is 18.7 Å². The first-order chi connectivity index (χ1) is 18.7. The molecule has 0 saturated heterocycles. The second-order valence-corrected chi connectivity index (χ2v) is 10.5. The SMILES string of the molecule is CC(C)(O)[C@H](F)CNC(=O)c1cnc(-c2ccc3cc(C#N)cnn23)cc1N[C@H]1CC[C@H](c2cnco2)CC1. The summed E-state index contributed by atoms with van der Waals surface area (Å²) in [4.78, 5) is 21.7. The first-order valence-corrected chi connectivity index (χ1v) is 12.9. The molecular formula is C28H30FN7O3. The maximum atomic E-state index is 14.3. The average molecular weight is 532 g/mol. The van der Waals surface area contributed by atoms with E-state index in [0.29, 0.717) is 28.6 Å². The van der Waals surface area contributed by atoms with E-state index in [0.717, 1.165) is 37.0 Å². The van der Waals surface area contributed by atoms with E-state index in [2.05, 4.69) is 31.8 Å². The molecule has 1 saturated carbocycles. The molecule has 3 N–H and O–H groups in total. The summed E-state index contributed by atoms with van der Waals surface area (Å²) in [5.41, 5.74) is 1.75. The van der Waals surface area contributed by atoms with Gasteiger partial charge in [-0.2, -0.15) is 10.4 Å². The summed E-state index contributed by atoms with van der Waals surface area (Å²) in [7, 11) is 0. The number of hydrogen-bond donors (Lipinski definition) is 3. The van der Waals surface area contributed by atoms with E-state index in [4.69, 9.17) is 4.42 Å². The van der Waals surface area contributed by atoms with Gasteiger partial charge in [0.25, 0.3) is 5.91 Å². The predicted molar refractivity (Wildman–Crippen MR) is 142 cm³/mol. The third-order valence-electron chi connectivity index (χ3n) is 7.19. The number of nitriles is 1. The second kappa shape index (κ2) is 10.8. The molecule has 0 spiro atoms. The molecular weight excluding hydrogens is 501 g/mol. The van der Waals surface area contributed by atoms with Crippen LogP contribution in [0.4, 0.5) is 10.1 Å². The standard InChI is InChI=1S/C28H30FN7O3/c1-28(2,38)26(29)15-33-27(37)21-13-32-23(24-8-7-20-9-17(11-30)12-34-36(20)24)10-22(21)35-19-5-3-18(4-6-19)25-14-31-16-39-25/h7-10,12-14,16,18-19,26,38H,3-6,15H2,1-2H3,(H,32,35)(H,33,37)/t18-,19-,26-/m1/s1. The summed E-state index contributed by atoms with van der Waals surface area (Å²) in [5, 5.41) is 29.6. The van der Waals surface area contributed by atoms with E-state index in [1.165, 1.54) is 32.6 Å². The van der Waals surface area contributed by atoms with Crippen LogP contribution in [0, 0.1) is 11.3 Å². The van der Waals surface area contributed by atoms with Crippen LogP contribution in [0.3, 0.4) is 0 Å². The summed E-state index contributed by atoms with van der Waals surface area (Å²) in [5.74, 6) is 0.705. The first kappa shape index (κ1) is 26.3. The fourth-order valence-corrected chi connectivity index (χ4v) is 4.85. The Balaban J connectivity index is 1.41. The lowest BCUT2D eigenvalue weighted by molar-refractivity contribution is -0.00177. The summed E-state index contributed by atoms with van der Waals surface area (Å²) in [6, 6.07) is 9.43. The fourth-order valence-electron chi connectivity index (χ4n) is 4.85. The van der Waals surface area contributed by atoms with Gasteiger partial charge in [0.1, 0.15) is 18.0 Å². The highest BCUT2D eigenvalue weighted by atomic mass is 19.1. The second-order valence-electron chi connectivity index (χ2n) is 10.5. The molecule has 0 aromatic carbocycles. The van der Waals surface area contributed by atoms with Gasteiger partial charge in [-0.25, -0.2) is 13.9 Å². The van der Waals surface area contributed by atoms with E-state index >= 15 is 0 Å². The lowest BCUT2D eigenvalue weighted by Crippen LogP contribution is -2.42. The van der Waals surface area contributed by atoms with Gasteiger partial charge < -0.3 is 20.2 Å². The molecule has 0 aliphatic heterocycles. The van der Waals surface area contributed by atoms with Crippen molar-refractivity contribution in [3.8, 4) is 17.5 Å². The molecule has 1 amide bonds. The molecule has 4 aromatic heterocycles. The number of hydrogen-bond acceptors (Lipinski definition) is 8. The van der Waals surface area contributed by atoms with Gasteiger partial charge in [0.15, 0.2) is 6.39 Å². The predicted octanol–water partition coefficient (Wildman–Crippen LogP) is 4.23. The molecule has 1 atom stereocenters. The summed E-state index contributed by atoms with van der Waals surface area (Å²) in [6.07, 6.45) is 8.08. The quantitative estimate of drug-likeness (QED) is 0.307. The fraction of sp³-hybridized carbons (Fsp3) is 0.393. The van der Waals surface area contributed by atoms with Crippen LogP contribution in [0.15, 0.2) is 53.7 Å². The number of rotatable bonds is 8. The molecule has 0 bridgehead atoms. The van der Waals surface area contributed by atoms with Crippen molar-refractivity contribution in [2.45, 2.75) is 63.3 Å². The minimum Gasteiger partial charge on any atom is -0.448 e. The van der Waals surface area contributed by atoms with Crippen LogP contribution in [0.2, 0.25) is 0 Å². The molecule has 5 rings (SSSR count). The maximum absolute atomic E-state index is 14.3. The summed E-state index contributed by atoms with van der Waals surface area (Å²) < 4.78 is 21.5. The van der Waals surface area contributed by atoms with Gasteiger partial charge in [0, 0.05) is 18.2 Å². The van der Waals surface area contributed by atoms with Crippen molar-refractivity contribution in [1.82, 2.24) is 24.9 Å². The van der Waals surface area contributed by atoms with Gasteiger partial charge in [0.2, 0.25) is 0 Å². The van der Waals surface area contributed by atoms with Crippen molar-refractivity contribution in [1.29, 1.82) is 5.26 Å². The lowest BCUT2D eigenvalue weighted by Gasteiger charge is -2.29. The molecule has 11 heteroatoms. The Morgan fingerprint density at radius 1 is 1.26 bits per heavy atom. The Morgan fingerprint density at radius 2 is 2.05 bits per heavy atom. The van der Waals surface area contributed by atoms with Gasteiger partial charge in [-0.1, -0.05) is 0 Å². The molecule has 202 valence electrons. The zero-order valence-electron chi connectivity index (χ0n) is 21.8. The topological polar surface area (TPSA) is 141 Å². The number of amides is 1. The van der Waals surface area contributed by atoms with Gasteiger partial charge in [-0.15, -0.1) is 0 Å². The number of aliphatic hydroxyl groups is 1. The number of anilines is 1. The minimum absolute atomic E-state index is 0.108. The van der Waals surface area contributed by atoms with Crippen LogP contribution >= 0.6 is 0 Å². The third-order valence-corrected chi connectivity index (χ3v) is 7.19. The van der Waals surface area contributed by atoms with Crippen LogP contribution in [-0.2, 0) is 0 Å². The monoisotopic (exact) mass is 531 g/mol. The number of fused-ring (bicyclic) bond motifs is 1. The number of oxazole rings is 1. The van der Waals surface area contributed by atoms with Gasteiger partial charge in [-0.05, 0) is 63.8 Å². The van der Waals surface area contributed by atoms with Crippen molar-refractivity contribution in [2.75, 3.05) is 11.9 Å². The molecule has 0 radical (unpaired) electrons. The van der Waals surface area contributed by atoms with Crippen LogP contribution in [0.1, 0.15) is 67.1 Å². The minimum atomic E-state index is -1.63. The highest BCUT2D eigenvalue weighted by molar-refractivity contribution is 6.00. The largest absolute Gasteiger partial charge is 0.448 e. The molecule has 4 aromatic rings. The van der Waals surface area contributed by atoms with E-state index < -0.39 is 17.7 Å². The zero-order valence-corrected chi connectivity index (χ0v) is 21.8. The van der Waals surface area contributed by atoms with Crippen molar-refractivity contribution in [3.63, 3.8) is 0 Å². The van der Waals surface area contributed by atoms with Crippen molar-refractivity contribution in [2.24, 2.45) is 0 Å². The highest BCUT2D eigenvalue weighted by Crippen LogP contribution is 2.35. The number of nitrogens with zero attached hydrogens (tertiary/aromatic N) is 5. The van der Waals surface area contributed by atoms with Crippen molar-refractivity contribution in [3.05, 3.63) is 66.1 Å². The van der Waals surface area contributed by atoms with Crippen LogP contribution in [0.25, 0.3) is 16.9 Å². The molecule has 1 fully saturated rings. The average Bonchev–Trinajstić information content (AvgIpc) is 3.61. The van der Waals surface area contributed by atoms with Crippen molar-refractivity contribution >= 4 is 17.1 Å². The number of aromatic nitrogens is 4. The number of carbonyl (C=O) groups excluding carboxylic acids is 1. The number of carbonyl (C=O) groups is 1. The molecule has 39 heavy (non-hydrogen) atoms. The zero-order chi connectivity index (χ0) is 27.6. The van der Waals surface area contributed by atoms with E-state index in [-0.39, 0.29) is 18.2 Å². The smallest absolute Gasteiger partial charge is 0.255 e. The molecule has 10 nitrogen and oxygen atoms in total. The van der Waals surface area contributed by atoms with Gasteiger partial charge in [0.05, 0.1) is 58.3 Å². The molecule has 4 heterocycles. The number of pyridine rings is 1. The Labute approximate surface area is 224 Å². The Morgan fingerprint density at radius 3 is 2.74 bits per heavy atom. The van der Waals surface area contributed by atoms with Gasteiger partial charge >= 0.3 is 0 Å². The van der Waals surface area contributed by atoms with E-state index in [9.17, 15) is 19.6 Å². The molecule has 0 unspecified atom stereocenters. The van der Waals surface area contributed by atoms with Crippen LogP contribution in [-0.4, -0.2) is 55.0 Å². The van der Waals surface area contributed by atoms with Crippen LogP contribution in [0.5, 0.6) is 0 Å². The normalized spacial score (nSPS) is 18.4. The number of nitrogens with one attached hydrogen (secondary N) is 2.